The smallest absolute Gasteiger partial charge is 0.233 e. The Morgan fingerprint density at radius 2 is 1.64 bits per heavy atom. The summed E-state index contributed by atoms with van der Waals surface area (Å²) >= 11 is 1.44. The van der Waals surface area contributed by atoms with E-state index in [2.05, 4.69) is 10.2 Å². The normalized spacial score (nSPS) is 16.2. The number of amides is 1. The van der Waals surface area contributed by atoms with Crippen molar-refractivity contribution in [2.75, 3.05) is 32.1 Å². The van der Waals surface area contributed by atoms with E-state index in [-0.39, 0.29) is 5.91 Å². The minimum Gasteiger partial charge on any atom is -0.490 e. The van der Waals surface area contributed by atoms with E-state index in [9.17, 15) is 4.79 Å². The molecule has 2 aliphatic heterocycles. The van der Waals surface area contributed by atoms with E-state index in [1.54, 1.807) is 0 Å². The lowest BCUT2D eigenvalue weighted by atomic mass is 10.2. The number of carbonyl (C=O) groups excluding carboxylic acids is 1. The van der Waals surface area contributed by atoms with Crippen LogP contribution in [0.4, 0.5) is 0 Å². The van der Waals surface area contributed by atoms with Crippen LogP contribution in [0.5, 0.6) is 11.5 Å². The van der Waals surface area contributed by atoms with Gasteiger partial charge in [0.25, 0.3) is 0 Å². The Kier molecular flexibility index (Phi) is 6.81. The first-order chi connectivity index (χ1) is 16.3. The van der Waals surface area contributed by atoms with Gasteiger partial charge in [-0.2, -0.15) is 0 Å². The molecule has 5 rings (SSSR count). The van der Waals surface area contributed by atoms with Gasteiger partial charge in [-0.1, -0.05) is 42.8 Å². The first-order valence-corrected chi connectivity index (χ1v) is 12.6. The Morgan fingerprint density at radius 1 is 0.879 bits per heavy atom. The Bertz CT molecular complexity index is 1090. The fourth-order valence-corrected chi connectivity index (χ4v) is 5.05. The first-order valence-electron chi connectivity index (χ1n) is 11.6. The van der Waals surface area contributed by atoms with Crippen molar-refractivity contribution in [1.29, 1.82) is 0 Å². The number of carbonyl (C=O) groups is 1. The van der Waals surface area contributed by atoms with Gasteiger partial charge in [-0.3, -0.25) is 9.36 Å². The Labute approximate surface area is 198 Å². The first kappa shape index (κ1) is 21.8. The van der Waals surface area contributed by atoms with Crippen molar-refractivity contribution in [3.05, 3.63) is 48.5 Å². The third-order valence-electron chi connectivity index (χ3n) is 5.94. The van der Waals surface area contributed by atoms with Gasteiger partial charge in [0, 0.05) is 30.8 Å². The molecule has 0 aliphatic carbocycles. The van der Waals surface area contributed by atoms with Crippen molar-refractivity contribution >= 4 is 17.7 Å². The molecule has 0 atom stereocenters. The molecule has 172 valence electrons. The fraction of sp³-hybridized carbons (Fsp3) is 0.400. The predicted octanol–water partition coefficient (Wildman–Crippen LogP) is 4.59. The molecule has 0 unspecified atom stereocenters. The molecule has 33 heavy (non-hydrogen) atoms. The van der Waals surface area contributed by atoms with Crippen molar-refractivity contribution in [1.82, 2.24) is 19.7 Å². The van der Waals surface area contributed by atoms with Gasteiger partial charge >= 0.3 is 0 Å². The summed E-state index contributed by atoms with van der Waals surface area (Å²) in [6.07, 6.45) is 5.45. The lowest BCUT2D eigenvalue weighted by Crippen LogP contribution is -2.33. The molecule has 1 saturated heterocycles. The van der Waals surface area contributed by atoms with Crippen molar-refractivity contribution < 1.29 is 14.3 Å². The summed E-state index contributed by atoms with van der Waals surface area (Å²) < 4.78 is 13.7. The third kappa shape index (κ3) is 5.00. The molecule has 0 N–H and O–H groups in total. The van der Waals surface area contributed by atoms with Crippen molar-refractivity contribution in [3.8, 4) is 28.6 Å². The summed E-state index contributed by atoms with van der Waals surface area (Å²) in [7, 11) is 0. The highest BCUT2D eigenvalue weighted by Gasteiger charge is 2.21. The van der Waals surface area contributed by atoms with Crippen LogP contribution in [0.3, 0.4) is 0 Å². The second-order valence-corrected chi connectivity index (χ2v) is 9.22. The molecule has 8 heteroatoms. The third-order valence-corrected chi connectivity index (χ3v) is 6.85. The Hall–Kier alpha value is -3.00. The average Bonchev–Trinajstić information content (AvgIpc) is 3.01. The molecule has 0 radical (unpaired) electrons. The summed E-state index contributed by atoms with van der Waals surface area (Å²) in [5, 5.41) is 9.68. The number of hydrogen-bond acceptors (Lipinski definition) is 6. The van der Waals surface area contributed by atoms with Gasteiger partial charge in [0.05, 0.1) is 19.0 Å². The zero-order valence-corrected chi connectivity index (χ0v) is 19.4. The number of benzene rings is 2. The van der Waals surface area contributed by atoms with Gasteiger partial charge in [0.15, 0.2) is 22.5 Å². The van der Waals surface area contributed by atoms with E-state index in [4.69, 9.17) is 9.47 Å². The van der Waals surface area contributed by atoms with E-state index in [1.165, 1.54) is 24.6 Å². The maximum absolute atomic E-state index is 12.9. The highest BCUT2D eigenvalue weighted by molar-refractivity contribution is 7.99. The number of fused-ring (bicyclic) bond motifs is 1. The van der Waals surface area contributed by atoms with Gasteiger partial charge in [0.1, 0.15) is 0 Å². The van der Waals surface area contributed by atoms with Gasteiger partial charge in [0.2, 0.25) is 5.91 Å². The Balaban J connectivity index is 1.43. The fourth-order valence-electron chi connectivity index (χ4n) is 4.20. The summed E-state index contributed by atoms with van der Waals surface area (Å²) in [6, 6.07) is 15.9. The maximum Gasteiger partial charge on any atom is 0.233 e. The van der Waals surface area contributed by atoms with Crippen LogP contribution in [-0.2, 0) is 4.79 Å². The number of likely N-dealkylation sites (tertiary alicyclic amines) is 1. The van der Waals surface area contributed by atoms with E-state index in [1.807, 2.05) is 58.0 Å². The minimum atomic E-state index is 0.168. The molecule has 0 saturated carbocycles. The second kappa shape index (κ2) is 10.3. The van der Waals surface area contributed by atoms with E-state index in [0.717, 1.165) is 55.1 Å². The largest absolute Gasteiger partial charge is 0.490 e. The highest BCUT2D eigenvalue weighted by Crippen LogP contribution is 2.35. The summed E-state index contributed by atoms with van der Waals surface area (Å²) in [5.41, 5.74) is 1.84. The molecular weight excluding hydrogens is 436 g/mol. The molecule has 3 heterocycles. The summed E-state index contributed by atoms with van der Waals surface area (Å²) in [4.78, 5) is 14.9. The predicted molar refractivity (Wildman–Crippen MR) is 128 cm³/mol. The maximum atomic E-state index is 12.9. The number of thioether (sulfide) groups is 1. The average molecular weight is 465 g/mol. The zero-order chi connectivity index (χ0) is 22.5. The number of para-hydroxylation sites is 1. The molecule has 2 aliphatic rings. The van der Waals surface area contributed by atoms with Crippen molar-refractivity contribution in [2.45, 2.75) is 37.3 Å². The monoisotopic (exact) mass is 464 g/mol. The van der Waals surface area contributed by atoms with Crippen LogP contribution in [0.15, 0.2) is 53.7 Å². The number of rotatable bonds is 5. The SMILES string of the molecule is O=C(CSc1nnc(-c2ccc3c(c2)OCCCO3)n1-c1ccccc1)N1CCCCCC1. The minimum absolute atomic E-state index is 0.168. The molecule has 1 aromatic heterocycles. The van der Waals surface area contributed by atoms with Crippen LogP contribution in [0.25, 0.3) is 17.1 Å². The number of nitrogens with zero attached hydrogens (tertiary/aromatic N) is 4. The van der Waals surface area contributed by atoms with Crippen LogP contribution >= 0.6 is 11.8 Å². The second-order valence-electron chi connectivity index (χ2n) is 8.27. The molecule has 7 nitrogen and oxygen atoms in total. The van der Waals surface area contributed by atoms with E-state index < -0.39 is 0 Å². The van der Waals surface area contributed by atoms with Crippen LogP contribution in [0, 0.1) is 0 Å². The lowest BCUT2D eigenvalue weighted by molar-refractivity contribution is -0.128. The lowest BCUT2D eigenvalue weighted by Gasteiger charge is -2.20. The molecule has 0 bridgehead atoms. The van der Waals surface area contributed by atoms with Gasteiger partial charge in [-0.15, -0.1) is 10.2 Å². The molecule has 1 fully saturated rings. The van der Waals surface area contributed by atoms with Crippen LogP contribution in [0.2, 0.25) is 0 Å². The molecule has 3 aromatic rings. The topological polar surface area (TPSA) is 69.5 Å². The standard InChI is InChI=1S/C25H28N4O3S/c30-23(28-13-6-1-2-7-14-28)18-33-25-27-26-24(29(25)20-9-4-3-5-10-20)19-11-12-21-22(17-19)32-16-8-15-31-21/h3-5,9-12,17H,1-2,6-8,13-16,18H2. The van der Waals surface area contributed by atoms with Crippen molar-refractivity contribution in [2.24, 2.45) is 0 Å². The highest BCUT2D eigenvalue weighted by atomic mass is 32.2. The van der Waals surface area contributed by atoms with Crippen LogP contribution in [-0.4, -0.2) is 57.6 Å². The quantitative estimate of drug-likeness (QED) is 0.515. The number of ether oxygens (including phenoxy) is 2. The van der Waals surface area contributed by atoms with E-state index in [0.29, 0.717) is 29.9 Å². The summed E-state index contributed by atoms with van der Waals surface area (Å²) in [6.45, 7) is 2.99. The Morgan fingerprint density at radius 3 is 2.42 bits per heavy atom. The van der Waals surface area contributed by atoms with Crippen LogP contribution in [0.1, 0.15) is 32.1 Å². The molecular formula is C25H28N4O3S. The number of hydrogen-bond donors (Lipinski definition) is 0. The zero-order valence-electron chi connectivity index (χ0n) is 18.6. The molecule has 0 spiro atoms. The molecule has 2 aromatic carbocycles. The van der Waals surface area contributed by atoms with E-state index >= 15 is 0 Å². The van der Waals surface area contributed by atoms with Crippen molar-refractivity contribution in [3.63, 3.8) is 0 Å². The van der Waals surface area contributed by atoms with Gasteiger partial charge in [-0.25, -0.2) is 0 Å². The van der Waals surface area contributed by atoms with Gasteiger partial charge < -0.3 is 14.4 Å². The summed E-state index contributed by atoms with van der Waals surface area (Å²) in [5.74, 6) is 2.70. The van der Waals surface area contributed by atoms with Gasteiger partial charge in [-0.05, 0) is 43.2 Å². The van der Waals surface area contributed by atoms with Crippen LogP contribution < -0.4 is 9.47 Å². The molecule has 1 amide bonds. The number of aromatic nitrogens is 3.